The van der Waals surface area contributed by atoms with Gasteiger partial charge in [0.15, 0.2) is 11.9 Å². The number of carbonyl (C=O) groups is 1. The summed E-state index contributed by atoms with van der Waals surface area (Å²) in [7, 11) is 0. The number of fused-ring (bicyclic) bond motifs is 2. The zero-order valence-corrected chi connectivity index (χ0v) is 23.9. The first kappa shape index (κ1) is 28.0. The highest BCUT2D eigenvalue weighted by Gasteiger charge is 2.25. The lowest BCUT2D eigenvalue weighted by atomic mass is 10.2. The highest BCUT2D eigenvalue weighted by Crippen LogP contribution is 2.37. The van der Waals surface area contributed by atoms with Gasteiger partial charge in [0.25, 0.3) is 5.56 Å². The van der Waals surface area contributed by atoms with Crippen molar-refractivity contribution in [3.8, 4) is 17.3 Å². The van der Waals surface area contributed by atoms with E-state index in [1.165, 1.54) is 25.3 Å². The maximum Gasteiger partial charge on any atom is 0.347 e. The predicted molar refractivity (Wildman–Crippen MR) is 157 cm³/mol. The summed E-state index contributed by atoms with van der Waals surface area (Å²) in [5, 5.41) is 17.8. The van der Waals surface area contributed by atoms with E-state index in [0.29, 0.717) is 26.9 Å². The molecule has 2 aromatic heterocycles. The van der Waals surface area contributed by atoms with Crippen molar-refractivity contribution < 1.29 is 23.6 Å². The molecular formula is C28H20BrClN4O7. The van der Waals surface area contributed by atoms with Crippen LogP contribution in [0.25, 0.3) is 33.5 Å². The summed E-state index contributed by atoms with van der Waals surface area (Å²) in [5.74, 6) is -0.429. The number of carbonyl (C=O) groups excluding carboxylic acids is 1. The molecule has 0 fully saturated rings. The lowest BCUT2D eigenvalue weighted by molar-refractivity contribution is -0.386. The zero-order valence-electron chi connectivity index (χ0n) is 21.5. The second-order valence-corrected chi connectivity index (χ2v) is 10.0. The van der Waals surface area contributed by atoms with Gasteiger partial charge in [0.1, 0.15) is 5.58 Å². The van der Waals surface area contributed by atoms with Gasteiger partial charge in [-0.2, -0.15) is 9.78 Å². The smallest absolute Gasteiger partial charge is 0.347 e. The number of ether oxygens (including phenoxy) is 2. The standard InChI is InChI=1S/C28H20BrClN4O7/c1-3-39-28(36)15(2)40-25-20(29)10-16(11-22(25)34(37)38)14-31-33-26(32-21-7-5-4-6-19(21)27(33)35)24-13-17-12-18(30)8-9-23(17)41-24/h4-15H,3H2,1-2H3/t15-/m0/s1. The van der Waals surface area contributed by atoms with Gasteiger partial charge in [0.2, 0.25) is 11.6 Å². The van der Waals surface area contributed by atoms with Crippen LogP contribution in [0, 0.1) is 10.1 Å². The number of aromatic nitrogens is 2. The topological polar surface area (TPSA) is 139 Å². The Labute approximate surface area is 245 Å². The number of nitro groups is 1. The van der Waals surface area contributed by atoms with E-state index >= 15 is 0 Å². The van der Waals surface area contributed by atoms with Crippen molar-refractivity contribution in [2.45, 2.75) is 20.0 Å². The second-order valence-electron chi connectivity index (χ2n) is 8.73. The number of hydrogen-bond donors (Lipinski definition) is 0. The number of nitrogens with zero attached hydrogens (tertiary/aromatic N) is 4. The minimum Gasteiger partial charge on any atom is -0.471 e. The summed E-state index contributed by atoms with van der Waals surface area (Å²) in [5.41, 5.74) is 0.345. The Balaban J connectivity index is 1.61. The molecule has 2 heterocycles. The van der Waals surface area contributed by atoms with Gasteiger partial charge >= 0.3 is 11.7 Å². The minimum atomic E-state index is -1.09. The van der Waals surface area contributed by atoms with E-state index in [1.807, 2.05) is 0 Å². The Morgan fingerprint density at radius 2 is 2.02 bits per heavy atom. The molecule has 0 aliphatic heterocycles. The first-order valence-electron chi connectivity index (χ1n) is 12.2. The molecule has 41 heavy (non-hydrogen) atoms. The van der Waals surface area contributed by atoms with Crippen molar-refractivity contribution in [1.82, 2.24) is 9.66 Å². The molecule has 3 aromatic carbocycles. The number of esters is 1. The summed E-state index contributed by atoms with van der Waals surface area (Å²) in [6, 6.07) is 16.3. The van der Waals surface area contributed by atoms with Crippen LogP contribution in [0.4, 0.5) is 5.69 Å². The molecule has 0 unspecified atom stereocenters. The molecule has 0 bridgehead atoms. The molecule has 0 spiro atoms. The average molecular weight is 640 g/mol. The van der Waals surface area contributed by atoms with Crippen molar-refractivity contribution in [3.63, 3.8) is 0 Å². The molecule has 0 saturated heterocycles. The van der Waals surface area contributed by atoms with Crippen LogP contribution in [0.2, 0.25) is 5.02 Å². The Hall–Kier alpha value is -4.55. The number of nitro benzene ring substituents is 1. The fraction of sp³-hybridized carbons (Fsp3) is 0.143. The average Bonchev–Trinajstić information content (AvgIpc) is 3.36. The van der Waals surface area contributed by atoms with Gasteiger partial charge in [-0.05, 0) is 72.2 Å². The molecule has 1 atom stereocenters. The van der Waals surface area contributed by atoms with Crippen LogP contribution in [0.5, 0.6) is 5.75 Å². The summed E-state index contributed by atoms with van der Waals surface area (Å²) < 4.78 is 17.7. The quantitative estimate of drug-likeness (QED) is 0.0829. The Morgan fingerprint density at radius 1 is 1.24 bits per heavy atom. The largest absolute Gasteiger partial charge is 0.471 e. The lowest BCUT2D eigenvalue weighted by Gasteiger charge is -2.15. The Bertz CT molecular complexity index is 1920. The lowest BCUT2D eigenvalue weighted by Crippen LogP contribution is -2.26. The monoisotopic (exact) mass is 638 g/mol. The third-order valence-corrected chi connectivity index (χ3v) is 6.76. The zero-order chi connectivity index (χ0) is 29.3. The number of para-hydroxylation sites is 1. The van der Waals surface area contributed by atoms with Gasteiger partial charge in [-0.1, -0.05) is 23.7 Å². The molecule has 0 N–H and O–H groups in total. The predicted octanol–water partition coefficient (Wildman–Crippen LogP) is 6.35. The SMILES string of the molecule is CCOC(=O)[C@H](C)Oc1c(Br)cc(C=Nn2c(-c3cc4cc(Cl)ccc4o3)nc3ccccc3c2=O)cc1[N+](=O)[O-]. The molecule has 13 heteroatoms. The van der Waals surface area contributed by atoms with Gasteiger partial charge < -0.3 is 13.9 Å². The maximum absolute atomic E-state index is 13.5. The number of furan rings is 1. The van der Waals surface area contributed by atoms with E-state index in [-0.39, 0.29) is 34.0 Å². The third-order valence-electron chi connectivity index (χ3n) is 5.93. The van der Waals surface area contributed by atoms with Crippen LogP contribution in [0.15, 0.2) is 79.4 Å². The molecule has 5 rings (SSSR count). The van der Waals surface area contributed by atoms with Gasteiger partial charge in [-0.15, -0.1) is 0 Å². The molecular weight excluding hydrogens is 620 g/mol. The van der Waals surface area contributed by atoms with Crippen molar-refractivity contribution in [2.24, 2.45) is 5.10 Å². The highest BCUT2D eigenvalue weighted by atomic mass is 79.9. The summed E-state index contributed by atoms with van der Waals surface area (Å²) in [6.45, 7) is 3.21. The molecule has 0 amide bonds. The summed E-state index contributed by atoms with van der Waals surface area (Å²) in [6.07, 6.45) is 0.185. The van der Waals surface area contributed by atoms with Gasteiger partial charge in [0, 0.05) is 22.0 Å². The first-order valence-corrected chi connectivity index (χ1v) is 13.4. The van der Waals surface area contributed by atoms with Crippen molar-refractivity contribution in [1.29, 1.82) is 0 Å². The second kappa shape index (κ2) is 11.5. The number of rotatable bonds is 8. The molecule has 0 saturated carbocycles. The van der Waals surface area contributed by atoms with Gasteiger partial charge in [0.05, 0.1) is 33.1 Å². The fourth-order valence-corrected chi connectivity index (χ4v) is 4.79. The van der Waals surface area contributed by atoms with E-state index in [1.54, 1.807) is 55.5 Å². The third kappa shape index (κ3) is 5.70. The summed E-state index contributed by atoms with van der Waals surface area (Å²) >= 11 is 9.41. The number of hydrogen-bond acceptors (Lipinski definition) is 9. The van der Waals surface area contributed by atoms with E-state index in [9.17, 15) is 19.7 Å². The van der Waals surface area contributed by atoms with Crippen LogP contribution in [0.1, 0.15) is 19.4 Å². The number of benzene rings is 3. The van der Waals surface area contributed by atoms with Crippen LogP contribution < -0.4 is 10.3 Å². The Kier molecular flexibility index (Phi) is 7.86. The number of halogens is 2. The van der Waals surface area contributed by atoms with E-state index < -0.39 is 28.2 Å². The van der Waals surface area contributed by atoms with Crippen molar-refractivity contribution >= 4 is 67.3 Å². The molecule has 0 aliphatic rings. The van der Waals surface area contributed by atoms with Gasteiger partial charge in [-0.25, -0.2) is 9.78 Å². The van der Waals surface area contributed by atoms with Crippen molar-refractivity contribution in [2.75, 3.05) is 6.61 Å². The molecule has 0 aliphatic carbocycles. The molecule has 5 aromatic rings. The van der Waals surface area contributed by atoms with Gasteiger partial charge in [-0.3, -0.25) is 14.9 Å². The highest BCUT2D eigenvalue weighted by molar-refractivity contribution is 9.10. The van der Waals surface area contributed by atoms with Crippen LogP contribution in [-0.2, 0) is 9.53 Å². The van der Waals surface area contributed by atoms with E-state index in [0.717, 1.165) is 4.68 Å². The normalized spacial score (nSPS) is 12.2. The fourth-order valence-electron chi connectivity index (χ4n) is 4.05. The maximum atomic E-state index is 13.5. The first-order chi connectivity index (χ1) is 19.7. The van der Waals surface area contributed by atoms with E-state index in [2.05, 4.69) is 26.0 Å². The summed E-state index contributed by atoms with van der Waals surface area (Å²) in [4.78, 5) is 41.4. The Morgan fingerprint density at radius 3 is 2.78 bits per heavy atom. The molecule has 208 valence electrons. The van der Waals surface area contributed by atoms with Crippen LogP contribution in [-0.4, -0.2) is 39.5 Å². The van der Waals surface area contributed by atoms with Crippen molar-refractivity contribution in [3.05, 3.63) is 96.2 Å². The van der Waals surface area contributed by atoms with Crippen LogP contribution >= 0.6 is 27.5 Å². The van der Waals surface area contributed by atoms with Crippen LogP contribution in [0.3, 0.4) is 0 Å². The minimum absolute atomic E-state index is 0.119. The van der Waals surface area contributed by atoms with E-state index in [4.69, 9.17) is 25.5 Å². The molecule has 11 nitrogen and oxygen atoms in total. The molecule has 0 radical (unpaired) electrons.